The van der Waals surface area contributed by atoms with Crippen LogP contribution in [0.2, 0.25) is 5.02 Å². The van der Waals surface area contributed by atoms with Gasteiger partial charge in [0.2, 0.25) is 0 Å². The summed E-state index contributed by atoms with van der Waals surface area (Å²) < 4.78 is 0. The second-order valence-corrected chi connectivity index (χ2v) is 5.98. The molecule has 7 heteroatoms. The lowest BCUT2D eigenvalue weighted by Gasteiger charge is -2.11. The summed E-state index contributed by atoms with van der Waals surface area (Å²) in [5.41, 5.74) is 1.52. The van der Waals surface area contributed by atoms with Crippen LogP contribution in [-0.4, -0.2) is 38.7 Å². The molecule has 2 N–H and O–H groups in total. The summed E-state index contributed by atoms with van der Waals surface area (Å²) in [6.45, 7) is 1.83. The predicted molar refractivity (Wildman–Crippen MR) is 86.7 cm³/mol. The van der Waals surface area contributed by atoms with Gasteiger partial charge >= 0.3 is 0 Å². The highest BCUT2D eigenvalue weighted by molar-refractivity contribution is 6.30. The van der Waals surface area contributed by atoms with Gasteiger partial charge in [-0.2, -0.15) is 9.90 Å². The van der Waals surface area contributed by atoms with Crippen molar-refractivity contribution in [2.45, 2.75) is 19.4 Å². The molecule has 0 saturated heterocycles. The SMILES string of the molecule is Cc1nn(-c2cccc(Cl)c2)nc1C(=O)N[C@@H]1C=C[C@H](CO)C1. The van der Waals surface area contributed by atoms with Crippen molar-refractivity contribution in [1.82, 2.24) is 20.3 Å². The molecule has 0 bridgehead atoms. The Hall–Kier alpha value is -2.18. The zero-order chi connectivity index (χ0) is 16.4. The fourth-order valence-electron chi connectivity index (χ4n) is 2.56. The monoisotopic (exact) mass is 332 g/mol. The van der Waals surface area contributed by atoms with Crippen molar-refractivity contribution >= 4 is 17.5 Å². The van der Waals surface area contributed by atoms with E-state index in [4.69, 9.17) is 16.7 Å². The van der Waals surface area contributed by atoms with Crippen LogP contribution in [0.25, 0.3) is 5.69 Å². The number of aliphatic hydroxyl groups is 1. The number of carbonyl (C=O) groups is 1. The first-order chi connectivity index (χ1) is 11.1. The van der Waals surface area contributed by atoms with Gasteiger partial charge in [-0.05, 0) is 31.5 Å². The average molecular weight is 333 g/mol. The van der Waals surface area contributed by atoms with E-state index in [-0.39, 0.29) is 30.2 Å². The van der Waals surface area contributed by atoms with E-state index in [1.807, 2.05) is 18.2 Å². The van der Waals surface area contributed by atoms with Gasteiger partial charge in [0.25, 0.3) is 5.91 Å². The summed E-state index contributed by atoms with van der Waals surface area (Å²) in [6.07, 6.45) is 4.51. The molecule has 2 atom stereocenters. The minimum atomic E-state index is -0.274. The van der Waals surface area contributed by atoms with Crippen LogP contribution in [-0.2, 0) is 0 Å². The van der Waals surface area contributed by atoms with Crippen LogP contribution in [0, 0.1) is 12.8 Å². The lowest BCUT2D eigenvalue weighted by molar-refractivity contribution is 0.0935. The number of aromatic nitrogens is 3. The van der Waals surface area contributed by atoms with Crippen LogP contribution < -0.4 is 5.32 Å². The van der Waals surface area contributed by atoms with Crippen molar-refractivity contribution in [3.63, 3.8) is 0 Å². The minimum Gasteiger partial charge on any atom is -0.396 e. The van der Waals surface area contributed by atoms with E-state index in [0.29, 0.717) is 22.8 Å². The molecular formula is C16H17ClN4O2. The number of aryl methyl sites for hydroxylation is 1. The molecule has 120 valence electrons. The van der Waals surface area contributed by atoms with E-state index >= 15 is 0 Å². The normalized spacial score (nSPS) is 20.0. The molecule has 0 saturated carbocycles. The lowest BCUT2D eigenvalue weighted by atomic mass is 10.1. The second-order valence-electron chi connectivity index (χ2n) is 5.55. The fraction of sp³-hybridized carbons (Fsp3) is 0.312. The Morgan fingerprint density at radius 1 is 1.43 bits per heavy atom. The van der Waals surface area contributed by atoms with Gasteiger partial charge < -0.3 is 10.4 Å². The van der Waals surface area contributed by atoms with Crippen LogP contribution in [0.3, 0.4) is 0 Å². The van der Waals surface area contributed by atoms with Crippen LogP contribution in [0.4, 0.5) is 0 Å². The summed E-state index contributed by atoms with van der Waals surface area (Å²) in [4.78, 5) is 13.8. The van der Waals surface area contributed by atoms with E-state index in [0.717, 1.165) is 0 Å². The van der Waals surface area contributed by atoms with Crippen LogP contribution in [0.15, 0.2) is 36.4 Å². The molecule has 23 heavy (non-hydrogen) atoms. The molecule has 1 aliphatic carbocycles. The Morgan fingerprint density at radius 2 is 2.26 bits per heavy atom. The molecule has 1 aromatic heterocycles. The van der Waals surface area contributed by atoms with E-state index in [1.54, 1.807) is 25.1 Å². The highest BCUT2D eigenvalue weighted by atomic mass is 35.5. The average Bonchev–Trinajstić information content (AvgIpc) is 3.13. The van der Waals surface area contributed by atoms with Gasteiger partial charge in [-0.1, -0.05) is 29.8 Å². The number of nitrogens with one attached hydrogen (secondary N) is 1. The number of rotatable bonds is 4. The molecule has 0 aliphatic heterocycles. The van der Waals surface area contributed by atoms with Crippen molar-refractivity contribution in [1.29, 1.82) is 0 Å². The van der Waals surface area contributed by atoms with Gasteiger partial charge in [-0.3, -0.25) is 4.79 Å². The van der Waals surface area contributed by atoms with E-state index in [1.165, 1.54) is 4.80 Å². The first-order valence-electron chi connectivity index (χ1n) is 7.36. The molecule has 1 heterocycles. The number of hydrogen-bond acceptors (Lipinski definition) is 4. The smallest absolute Gasteiger partial charge is 0.274 e. The quantitative estimate of drug-likeness (QED) is 0.838. The Labute approximate surface area is 138 Å². The molecule has 1 amide bonds. The maximum Gasteiger partial charge on any atom is 0.274 e. The van der Waals surface area contributed by atoms with E-state index in [9.17, 15) is 4.79 Å². The number of aliphatic hydroxyl groups excluding tert-OH is 1. The topological polar surface area (TPSA) is 80.0 Å². The zero-order valence-corrected chi connectivity index (χ0v) is 13.4. The molecule has 6 nitrogen and oxygen atoms in total. The molecule has 0 fully saturated rings. The van der Waals surface area contributed by atoms with Gasteiger partial charge in [0, 0.05) is 23.6 Å². The first kappa shape index (κ1) is 15.7. The standard InChI is InChI=1S/C16H17ClN4O2/c1-10-15(16(23)18-13-6-5-11(7-13)9-22)20-21(19-10)14-4-2-3-12(17)8-14/h2-6,8,11,13,22H,7,9H2,1H3,(H,18,23)/t11-,13+/m0/s1. The van der Waals surface area contributed by atoms with E-state index < -0.39 is 0 Å². The van der Waals surface area contributed by atoms with Gasteiger partial charge in [0.1, 0.15) is 0 Å². The summed E-state index contributed by atoms with van der Waals surface area (Å²) in [6, 6.07) is 7.02. The van der Waals surface area contributed by atoms with Crippen molar-refractivity contribution in [3.8, 4) is 5.69 Å². The summed E-state index contributed by atoms with van der Waals surface area (Å²) in [5.74, 6) is -0.174. The highest BCUT2D eigenvalue weighted by Gasteiger charge is 2.23. The van der Waals surface area contributed by atoms with Crippen molar-refractivity contribution < 1.29 is 9.90 Å². The number of halogens is 1. The Bertz CT molecular complexity index is 756. The largest absolute Gasteiger partial charge is 0.396 e. The summed E-state index contributed by atoms with van der Waals surface area (Å²) >= 11 is 5.97. The fourth-order valence-corrected chi connectivity index (χ4v) is 2.74. The van der Waals surface area contributed by atoms with Crippen LogP contribution in [0.1, 0.15) is 22.6 Å². The molecule has 1 aliphatic rings. The Kier molecular flexibility index (Phi) is 4.45. The number of hydrogen-bond donors (Lipinski definition) is 2. The lowest BCUT2D eigenvalue weighted by Crippen LogP contribution is -2.33. The van der Waals surface area contributed by atoms with Crippen molar-refractivity contribution in [3.05, 3.63) is 52.8 Å². The molecule has 0 radical (unpaired) electrons. The maximum absolute atomic E-state index is 12.4. The Morgan fingerprint density at radius 3 is 2.96 bits per heavy atom. The third kappa shape index (κ3) is 3.43. The van der Waals surface area contributed by atoms with Crippen LogP contribution in [0.5, 0.6) is 0 Å². The zero-order valence-electron chi connectivity index (χ0n) is 12.6. The molecule has 3 rings (SSSR count). The van der Waals surface area contributed by atoms with Crippen molar-refractivity contribution in [2.75, 3.05) is 6.61 Å². The number of benzene rings is 1. The molecule has 2 aromatic rings. The number of carbonyl (C=O) groups excluding carboxylic acids is 1. The number of amides is 1. The molecule has 1 aromatic carbocycles. The van der Waals surface area contributed by atoms with Gasteiger partial charge in [-0.15, -0.1) is 5.10 Å². The predicted octanol–water partition coefficient (Wildman–Crippen LogP) is 1.90. The van der Waals surface area contributed by atoms with E-state index in [2.05, 4.69) is 15.5 Å². The summed E-state index contributed by atoms with van der Waals surface area (Å²) in [7, 11) is 0. The molecule has 0 unspecified atom stereocenters. The Balaban J connectivity index is 1.76. The molecule has 0 spiro atoms. The third-order valence-electron chi connectivity index (χ3n) is 3.76. The maximum atomic E-state index is 12.4. The van der Waals surface area contributed by atoms with Crippen molar-refractivity contribution in [2.24, 2.45) is 5.92 Å². The van der Waals surface area contributed by atoms with Gasteiger partial charge in [0.15, 0.2) is 5.69 Å². The third-order valence-corrected chi connectivity index (χ3v) is 3.99. The second kappa shape index (κ2) is 6.52. The minimum absolute atomic E-state index is 0.0876. The first-order valence-corrected chi connectivity index (χ1v) is 7.74. The van der Waals surface area contributed by atoms with Gasteiger partial charge in [0.05, 0.1) is 11.4 Å². The highest BCUT2D eigenvalue weighted by Crippen LogP contribution is 2.18. The number of nitrogens with zero attached hydrogens (tertiary/aromatic N) is 3. The van der Waals surface area contributed by atoms with Gasteiger partial charge in [-0.25, -0.2) is 0 Å². The summed E-state index contributed by atoms with van der Waals surface area (Å²) in [5, 5.41) is 21.1. The van der Waals surface area contributed by atoms with Crippen LogP contribution >= 0.6 is 11.6 Å². The molecular weight excluding hydrogens is 316 g/mol.